The Morgan fingerprint density at radius 1 is 1.21 bits per heavy atom. The first kappa shape index (κ1) is 18.4. The minimum atomic E-state index is -1.10. The van der Waals surface area contributed by atoms with Crippen LogP contribution in [0.4, 0.5) is 10.2 Å². The molecule has 2 N–H and O–H groups in total. The fourth-order valence-corrected chi connectivity index (χ4v) is 4.31. The summed E-state index contributed by atoms with van der Waals surface area (Å²) in [6, 6.07) is 10.4. The van der Waals surface area contributed by atoms with Crippen molar-refractivity contribution in [3.63, 3.8) is 0 Å². The highest BCUT2D eigenvalue weighted by molar-refractivity contribution is 5.86. The van der Waals surface area contributed by atoms with Crippen molar-refractivity contribution in [1.82, 2.24) is 10.3 Å². The Balaban J connectivity index is 1.39. The number of aromatic nitrogens is 1. The molecule has 0 radical (unpaired) electrons. The molecule has 1 aliphatic heterocycles. The number of carboxylic acid groups (broad SMARTS) is 1. The normalized spacial score (nSPS) is 20.0. The van der Waals surface area contributed by atoms with Gasteiger partial charge in [0.25, 0.3) is 0 Å². The molecule has 0 spiro atoms. The number of nitrogens with one attached hydrogen (secondary N) is 1. The van der Waals surface area contributed by atoms with Gasteiger partial charge in [0, 0.05) is 31.7 Å². The molecule has 1 aromatic heterocycles. The number of carbonyl (C=O) groups is 2. The first-order chi connectivity index (χ1) is 13.5. The number of pyridine rings is 1. The number of nitrogens with zero attached hydrogens (tertiary/aromatic N) is 2. The number of aliphatic carboxylic acids is 1. The van der Waals surface area contributed by atoms with Gasteiger partial charge in [0.1, 0.15) is 0 Å². The molecule has 1 saturated heterocycles. The second kappa shape index (κ2) is 7.22. The van der Waals surface area contributed by atoms with E-state index in [4.69, 9.17) is 0 Å². The van der Waals surface area contributed by atoms with E-state index in [1.165, 1.54) is 6.07 Å². The third-order valence-corrected chi connectivity index (χ3v) is 5.72. The zero-order chi connectivity index (χ0) is 19.7. The maximum absolute atomic E-state index is 13.9. The smallest absolute Gasteiger partial charge is 0.310 e. The molecule has 2 aliphatic rings. The Morgan fingerprint density at radius 3 is 2.57 bits per heavy atom. The van der Waals surface area contributed by atoms with Gasteiger partial charge in [-0.3, -0.25) is 9.59 Å². The van der Waals surface area contributed by atoms with Gasteiger partial charge < -0.3 is 15.3 Å². The van der Waals surface area contributed by atoms with E-state index in [0.717, 1.165) is 11.1 Å². The van der Waals surface area contributed by atoms with Gasteiger partial charge in [-0.15, -0.1) is 0 Å². The molecule has 1 amide bonds. The number of carboxylic acids is 1. The van der Waals surface area contributed by atoms with Gasteiger partial charge in [-0.2, -0.15) is 0 Å². The summed E-state index contributed by atoms with van der Waals surface area (Å²) < 4.78 is 13.9. The molecular formula is C21H22FN3O3. The summed E-state index contributed by atoms with van der Waals surface area (Å²) in [6.45, 7) is 1.05. The summed E-state index contributed by atoms with van der Waals surface area (Å²) in [5, 5.41) is 12.8. The maximum atomic E-state index is 13.9. The van der Waals surface area contributed by atoms with Crippen molar-refractivity contribution in [3.8, 4) is 0 Å². The van der Waals surface area contributed by atoms with E-state index >= 15 is 0 Å². The molecule has 6 nitrogen and oxygen atoms in total. The van der Waals surface area contributed by atoms with Crippen LogP contribution in [-0.4, -0.2) is 41.1 Å². The highest BCUT2D eigenvalue weighted by Crippen LogP contribution is 2.40. The summed E-state index contributed by atoms with van der Waals surface area (Å²) >= 11 is 0. The minimum Gasteiger partial charge on any atom is -0.481 e. The van der Waals surface area contributed by atoms with Crippen LogP contribution >= 0.6 is 0 Å². The molecular weight excluding hydrogens is 361 g/mol. The number of hydrogen-bond donors (Lipinski definition) is 2. The van der Waals surface area contributed by atoms with Gasteiger partial charge >= 0.3 is 5.97 Å². The van der Waals surface area contributed by atoms with E-state index in [2.05, 4.69) is 10.3 Å². The fourth-order valence-electron chi connectivity index (χ4n) is 4.31. The first-order valence-corrected chi connectivity index (χ1v) is 9.42. The quantitative estimate of drug-likeness (QED) is 0.827. The summed E-state index contributed by atoms with van der Waals surface area (Å²) in [7, 11) is 0. The van der Waals surface area contributed by atoms with Crippen molar-refractivity contribution in [2.75, 3.05) is 18.0 Å². The molecule has 1 aromatic carbocycles. The minimum absolute atomic E-state index is 0.0640. The average Bonchev–Trinajstić information content (AvgIpc) is 3.26. The van der Waals surface area contributed by atoms with Crippen molar-refractivity contribution in [2.24, 2.45) is 5.41 Å². The van der Waals surface area contributed by atoms with Gasteiger partial charge in [0.2, 0.25) is 5.91 Å². The summed E-state index contributed by atoms with van der Waals surface area (Å²) in [4.78, 5) is 30.5. The Kier molecular flexibility index (Phi) is 4.75. The van der Waals surface area contributed by atoms with E-state index in [0.29, 0.717) is 32.4 Å². The number of anilines is 1. The molecule has 1 fully saturated rings. The summed E-state index contributed by atoms with van der Waals surface area (Å²) in [5.41, 5.74) is 0.893. The monoisotopic (exact) mass is 383 g/mol. The topological polar surface area (TPSA) is 82.5 Å². The molecule has 1 atom stereocenters. The van der Waals surface area contributed by atoms with Crippen LogP contribution in [0.15, 0.2) is 42.6 Å². The lowest BCUT2D eigenvalue weighted by Gasteiger charge is -2.24. The number of amides is 1. The van der Waals surface area contributed by atoms with Crippen molar-refractivity contribution >= 4 is 17.7 Å². The maximum Gasteiger partial charge on any atom is 0.310 e. The lowest BCUT2D eigenvalue weighted by Crippen LogP contribution is -2.43. The van der Waals surface area contributed by atoms with Crippen LogP contribution < -0.4 is 10.2 Å². The van der Waals surface area contributed by atoms with Crippen LogP contribution in [0.3, 0.4) is 0 Å². The molecule has 28 heavy (non-hydrogen) atoms. The lowest BCUT2D eigenvalue weighted by atomic mass is 9.81. The van der Waals surface area contributed by atoms with E-state index in [-0.39, 0.29) is 30.0 Å². The number of fused-ring (bicyclic) bond motifs is 1. The molecule has 1 aliphatic carbocycles. The second-order valence-electron chi connectivity index (χ2n) is 7.69. The molecule has 0 saturated carbocycles. The molecule has 2 aromatic rings. The van der Waals surface area contributed by atoms with Crippen molar-refractivity contribution in [1.29, 1.82) is 0 Å². The van der Waals surface area contributed by atoms with Crippen molar-refractivity contribution in [3.05, 3.63) is 59.5 Å². The predicted octanol–water partition coefficient (Wildman–Crippen LogP) is 2.18. The van der Waals surface area contributed by atoms with Crippen molar-refractivity contribution < 1.29 is 19.1 Å². The second-order valence-corrected chi connectivity index (χ2v) is 7.69. The average molecular weight is 383 g/mol. The SMILES string of the molecule is O=C(CC1(C(=O)O)Cc2ccccc2C1)NC1CCN(c2ncccc2F)C1. The van der Waals surface area contributed by atoms with E-state index in [9.17, 15) is 19.1 Å². The van der Waals surface area contributed by atoms with Crippen LogP contribution in [0.5, 0.6) is 0 Å². The molecule has 1 unspecified atom stereocenters. The van der Waals surface area contributed by atoms with Crippen LogP contribution in [0.25, 0.3) is 0 Å². The van der Waals surface area contributed by atoms with Gasteiger partial charge in [0.15, 0.2) is 11.6 Å². The molecule has 2 heterocycles. The number of rotatable bonds is 5. The zero-order valence-electron chi connectivity index (χ0n) is 15.4. The third kappa shape index (κ3) is 3.44. The largest absolute Gasteiger partial charge is 0.481 e. The number of hydrogen-bond acceptors (Lipinski definition) is 4. The van der Waals surface area contributed by atoms with Gasteiger partial charge in [0.05, 0.1) is 5.41 Å². The highest BCUT2D eigenvalue weighted by atomic mass is 19.1. The Labute approximate surface area is 162 Å². The van der Waals surface area contributed by atoms with E-state index in [1.54, 1.807) is 17.2 Å². The van der Waals surface area contributed by atoms with E-state index < -0.39 is 11.4 Å². The predicted molar refractivity (Wildman–Crippen MR) is 101 cm³/mol. The molecule has 7 heteroatoms. The summed E-state index contributed by atoms with van der Waals surface area (Å²) in [5.74, 6) is -1.32. The molecule has 4 rings (SSSR count). The molecule has 146 valence electrons. The van der Waals surface area contributed by atoms with Gasteiger partial charge in [-0.1, -0.05) is 24.3 Å². The Bertz CT molecular complexity index is 892. The first-order valence-electron chi connectivity index (χ1n) is 9.42. The Hall–Kier alpha value is -2.96. The molecule has 0 bridgehead atoms. The van der Waals surface area contributed by atoms with Gasteiger partial charge in [-0.25, -0.2) is 9.37 Å². The van der Waals surface area contributed by atoms with Crippen molar-refractivity contribution in [2.45, 2.75) is 31.7 Å². The fraction of sp³-hybridized carbons (Fsp3) is 0.381. The van der Waals surface area contributed by atoms with Crippen LogP contribution in [0.1, 0.15) is 24.0 Å². The number of halogens is 1. The standard InChI is InChI=1S/C21H22FN3O3/c22-17-6-3-8-23-19(17)25-9-7-16(13-25)24-18(26)12-21(20(27)28)10-14-4-1-2-5-15(14)11-21/h1-6,8,16H,7,9-13H2,(H,24,26)(H,27,28). The number of benzene rings is 1. The summed E-state index contributed by atoms with van der Waals surface area (Å²) in [6.07, 6.45) is 2.87. The van der Waals surface area contributed by atoms with Crippen LogP contribution in [0, 0.1) is 11.2 Å². The van der Waals surface area contributed by atoms with E-state index in [1.807, 2.05) is 24.3 Å². The van der Waals surface area contributed by atoms with Gasteiger partial charge in [-0.05, 0) is 42.5 Å². The lowest BCUT2D eigenvalue weighted by molar-refractivity contribution is -0.151. The Morgan fingerprint density at radius 2 is 1.93 bits per heavy atom. The zero-order valence-corrected chi connectivity index (χ0v) is 15.4. The third-order valence-electron chi connectivity index (χ3n) is 5.72. The van der Waals surface area contributed by atoms with Crippen LogP contribution in [0.2, 0.25) is 0 Å². The number of carbonyl (C=O) groups excluding carboxylic acids is 1. The van der Waals surface area contributed by atoms with Crippen LogP contribution in [-0.2, 0) is 22.4 Å². The highest BCUT2D eigenvalue weighted by Gasteiger charge is 2.45.